The number of aryl methyl sites for hydroxylation is 1. The Balaban J connectivity index is 2.12. The molecule has 0 saturated heterocycles. The molecule has 0 spiro atoms. The summed E-state index contributed by atoms with van der Waals surface area (Å²) in [5.74, 6) is 0. The van der Waals surface area contributed by atoms with Crippen LogP contribution >= 0.6 is 0 Å². The van der Waals surface area contributed by atoms with E-state index in [2.05, 4.69) is 17.4 Å². The lowest BCUT2D eigenvalue weighted by atomic mass is 9.84. The van der Waals surface area contributed by atoms with Gasteiger partial charge >= 0.3 is 0 Å². The third kappa shape index (κ3) is 1.27. The number of hydrogen-bond donors (Lipinski definition) is 1. The zero-order valence-electron chi connectivity index (χ0n) is 8.60. The van der Waals surface area contributed by atoms with Crippen molar-refractivity contribution in [1.29, 1.82) is 0 Å². The maximum atomic E-state index is 3.45. The van der Waals surface area contributed by atoms with E-state index in [-0.39, 0.29) is 0 Å². The molecule has 0 amide bonds. The smallest absolute Gasteiger partial charge is 0.0208 e. The Kier molecular flexibility index (Phi) is 2.06. The van der Waals surface area contributed by atoms with E-state index < -0.39 is 0 Å². The molecule has 0 atom stereocenters. The van der Waals surface area contributed by atoms with Gasteiger partial charge in [-0.1, -0.05) is 12.1 Å². The molecule has 0 saturated carbocycles. The Morgan fingerprint density at radius 1 is 0.857 bits per heavy atom. The zero-order chi connectivity index (χ0) is 9.38. The van der Waals surface area contributed by atoms with Crippen LogP contribution in [0.25, 0.3) is 0 Å². The van der Waals surface area contributed by atoms with E-state index in [1.165, 1.54) is 38.6 Å². The van der Waals surface area contributed by atoms with Crippen LogP contribution < -0.4 is 5.32 Å². The molecule has 1 aromatic carbocycles. The van der Waals surface area contributed by atoms with Crippen LogP contribution in [0.1, 0.15) is 35.1 Å². The molecule has 0 radical (unpaired) electrons. The third-order valence-electron chi connectivity index (χ3n) is 3.62. The van der Waals surface area contributed by atoms with E-state index in [1.54, 1.807) is 22.3 Å². The van der Waals surface area contributed by atoms with E-state index in [4.69, 9.17) is 0 Å². The van der Waals surface area contributed by atoms with Crippen LogP contribution in [-0.4, -0.2) is 6.54 Å². The predicted molar refractivity (Wildman–Crippen MR) is 58.5 cm³/mol. The van der Waals surface area contributed by atoms with Crippen LogP contribution in [0.3, 0.4) is 0 Å². The molecule has 74 valence electrons. The van der Waals surface area contributed by atoms with Gasteiger partial charge in [-0.15, -0.1) is 0 Å². The Morgan fingerprint density at radius 3 is 2.64 bits per heavy atom. The standard InChI is InChI=1S/C13H17N/c1-2-4-12-10(3-1)5-6-11-9-14-8-7-13(11)12/h5-6,14H,1-4,7-9H2. The maximum Gasteiger partial charge on any atom is 0.0208 e. The molecule has 0 aromatic heterocycles. The fraction of sp³-hybridized carbons (Fsp3) is 0.538. The summed E-state index contributed by atoms with van der Waals surface area (Å²) in [4.78, 5) is 0. The highest BCUT2D eigenvalue weighted by Crippen LogP contribution is 2.28. The lowest BCUT2D eigenvalue weighted by Gasteiger charge is -2.25. The average molecular weight is 187 g/mol. The van der Waals surface area contributed by atoms with Crippen molar-refractivity contribution in [1.82, 2.24) is 5.32 Å². The summed E-state index contributed by atoms with van der Waals surface area (Å²) in [5, 5.41) is 3.45. The molecular formula is C13H17N. The first kappa shape index (κ1) is 8.49. The van der Waals surface area contributed by atoms with Crippen molar-refractivity contribution in [3.63, 3.8) is 0 Å². The van der Waals surface area contributed by atoms with Gasteiger partial charge in [0.1, 0.15) is 0 Å². The zero-order valence-corrected chi connectivity index (χ0v) is 8.60. The van der Waals surface area contributed by atoms with Gasteiger partial charge in [0, 0.05) is 6.54 Å². The molecule has 1 heteroatoms. The molecule has 1 N–H and O–H groups in total. The highest BCUT2D eigenvalue weighted by Gasteiger charge is 2.17. The number of hydrogen-bond acceptors (Lipinski definition) is 1. The third-order valence-corrected chi connectivity index (χ3v) is 3.62. The molecule has 0 fully saturated rings. The summed E-state index contributed by atoms with van der Waals surface area (Å²) >= 11 is 0. The number of fused-ring (bicyclic) bond motifs is 3. The molecule has 1 aromatic rings. The summed E-state index contributed by atoms with van der Waals surface area (Å²) in [6.07, 6.45) is 6.69. The highest BCUT2D eigenvalue weighted by atomic mass is 14.9. The van der Waals surface area contributed by atoms with Crippen LogP contribution in [0.4, 0.5) is 0 Å². The van der Waals surface area contributed by atoms with Crippen LogP contribution in [-0.2, 0) is 25.8 Å². The summed E-state index contributed by atoms with van der Waals surface area (Å²) in [6.45, 7) is 2.26. The normalized spacial score (nSPS) is 20.0. The van der Waals surface area contributed by atoms with Gasteiger partial charge in [-0.05, 0) is 60.9 Å². The Bertz CT molecular complexity index is 319. The van der Waals surface area contributed by atoms with Crippen molar-refractivity contribution < 1.29 is 0 Å². The van der Waals surface area contributed by atoms with Crippen LogP contribution in [0.15, 0.2) is 12.1 Å². The average Bonchev–Trinajstić information content (AvgIpc) is 2.29. The highest BCUT2D eigenvalue weighted by molar-refractivity contribution is 5.43. The van der Waals surface area contributed by atoms with Gasteiger partial charge in [-0.25, -0.2) is 0 Å². The largest absolute Gasteiger partial charge is 0.312 e. The number of rotatable bonds is 0. The number of benzene rings is 1. The lowest BCUT2D eigenvalue weighted by Crippen LogP contribution is -2.25. The fourth-order valence-electron chi connectivity index (χ4n) is 2.87. The van der Waals surface area contributed by atoms with Crippen LogP contribution in [0, 0.1) is 0 Å². The van der Waals surface area contributed by atoms with Crippen molar-refractivity contribution in [2.75, 3.05) is 6.54 Å². The summed E-state index contributed by atoms with van der Waals surface area (Å²) in [7, 11) is 0. The molecule has 0 bridgehead atoms. The van der Waals surface area contributed by atoms with Crippen LogP contribution in [0.5, 0.6) is 0 Å². The van der Waals surface area contributed by atoms with Crippen LogP contribution in [0.2, 0.25) is 0 Å². The maximum absolute atomic E-state index is 3.45. The molecule has 1 aliphatic carbocycles. The molecule has 1 aliphatic heterocycles. The monoisotopic (exact) mass is 187 g/mol. The Hall–Kier alpha value is -0.820. The van der Waals surface area contributed by atoms with Gasteiger partial charge in [0.15, 0.2) is 0 Å². The first-order chi connectivity index (χ1) is 6.95. The van der Waals surface area contributed by atoms with Crippen molar-refractivity contribution in [3.05, 3.63) is 34.4 Å². The molecule has 1 heterocycles. The summed E-state index contributed by atoms with van der Waals surface area (Å²) < 4.78 is 0. The molecule has 3 rings (SSSR count). The minimum atomic E-state index is 1.09. The number of nitrogens with one attached hydrogen (secondary N) is 1. The lowest BCUT2D eigenvalue weighted by molar-refractivity contribution is 0.619. The van der Waals surface area contributed by atoms with Gasteiger partial charge in [0.05, 0.1) is 0 Å². The van der Waals surface area contributed by atoms with Crippen molar-refractivity contribution in [2.24, 2.45) is 0 Å². The molecule has 2 aliphatic rings. The molecular weight excluding hydrogens is 170 g/mol. The van der Waals surface area contributed by atoms with Crippen molar-refractivity contribution in [3.8, 4) is 0 Å². The Morgan fingerprint density at radius 2 is 1.64 bits per heavy atom. The minimum Gasteiger partial charge on any atom is -0.312 e. The van der Waals surface area contributed by atoms with Crippen molar-refractivity contribution in [2.45, 2.75) is 38.6 Å². The second-order valence-corrected chi connectivity index (χ2v) is 4.47. The van der Waals surface area contributed by atoms with Gasteiger partial charge < -0.3 is 5.32 Å². The van der Waals surface area contributed by atoms with E-state index in [1.807, 2.05) is 0 Å². The molecule has 14 heavy (non-hydrogen) atoms. The second kappa shape index (κ2) is 3.39. The van der Waals surface area contributed by atoms with Gasteiger partial charge in [-0.2, -0.15) is 0 Å². The molecule has 1 nitrogen and oxygen atoms in total. The summed E-state index contributed by atoms with van der Waals surface area (Å²) in [6, 6.07) is 4.70. The molecule has 0 unspecified atom stereocenters. The SMILES string of the molecule is c1cc2c(c3c1CCCC3)CCNC2. The van der Waals surface area contributed by atoms with Gasteiger partial charge in [0.2, 0.25) is 0 Å². The second-order valence-electron chi connectivity index (χ2n) is 4.47. The first-order valence-electron chi connectivity index (χ1n) is 5.78. The van der Waals surface area contributed by atoms with E-state index in [9.17, 15) is 0 Å². The minimum absolute atomic E-state index is 1.09. The topological polar surface area (TPSA) is 12.0 Å². The van der Waals surface area contributed by atoms with E-state index in [0.717, 1.165) is 6.54 Å². The van der Waals surface area contributed by atoms with Gasteiger partial charge in [0.25, 0.3) is 0 Å². The fourth-order valence-corrected chi connectivity index (χ4v) is 2.87. The van der Waals surface area contributed by atoms with Gasteiger partial charge in [-0.3, -0.25) is 0 Å². The predicted octanol–water partition coefficient (Wildman–Crippen LogP) is 2.21. The quantitative estimate of drug-likeness (QED) is 0.656. The van der Waals surface area contributed by atoms with Crippen molar-refractivity contribution >= 4 is 0 Å². The van der Waals surface area contributed by atoms with E-state index in [0.29, 0.717) is 0 Å². The van der Waals surface area contributed by atoms with E-state index >= 15 is 0 Å². The first-order valence-corrected chi connectivity index (χ1v) is 5.78. The summed E-state index contributed by atoms with van der Waals surface area (Å²) in [5.41, 5.74) is 6.57. The Labute approximate surface area is 85.5 Å².